The van der Waals surface area contributed by atoms with Gasteiger partial charge in [0, 0.05) is 5.56 Å². The molecule has 106 valence electrons. The second-order valence-electron chi connectivity index (χ2n) is 3.74. The summed E-state index contributed by atoms with van der Waals surface area (Å²) in [6.07, 6.45) is -4.73. The molecule has 0 aliphatic heterocycles. The van der Waals surface area contributed by atoms with E-state index in [0.717, 1.165) is 0 Å². The molecule has 0 amide bonds. The van der Waals surface area contributed by atoms with Gasteiger partial charge in [-0.15, -0.1) is 0 Å². The third-order valence-corrected chi connectivity index (χ3v) is 2.52. The average molecular weight is 310 g/mol. The Balaban J connectivity index is 2.65. The van der Waals surface area contributed by atoms with Crippen LogP contribution in [0.3, 0.4) is 0 Å². The Morgan fingerprint density at radius 3 is 2.05 bits per heavy atom. The van der Waals surface area contributed by atoms with Gasteiger partial charge in [-0.3, -0.25) is 0 Å². The molecule has 0 saturated heterocycles. The number of benzene rings is 1. The number of halogens is 6. The van der Waals surface area contributed by atoms with Crippen molar-refractivity contribution in [3.8, 4) is 11.3 Å². The highest BCUT2D eigenvalue weighted by atomic mass is 32.1. The molecule has 1 heterocycles. The maximum Gasteiger partial charge on any atom is 0.431 e. The molecule has 0 fully saturated rings. The molecule has 0 bridgehead atoms. The van der Waals surface area contributed by atoms with Gasteiger partial charge in [0.05, 0.1) is 5.69 Å². The summed E-state index contributed by atoms with van der Waals surface area (Å²) < 4.78 is 76.1. The Labute approximate surface area is 113 Å². The van der Waals surface area contributed by atoms with Crippen LogP contribution >= 0.6 is 12.2 Å². The number of nitrogens with one attached hydrogen (secondary N) is 1. The topological polar surface area (TPSA) is 28.7 Å². The van der Waals surface area contributed by atoms with E-state index in [9.17, 15) is 26.3 Å². The zero-order valence-electron chi connectivity index (χ0n) is 9.36. The van der Waals surface area contributed by atoms with E-state index in [1.54, 1.807) is 0 Å². The van der Waals surface area contributed by atoms with Crippen LogP contribution in [0.2, 0.25) is 0 Å². The molecule has 1 aromatic heterocycles. The third-order valence-electron chi connectivity index (χ3n) is 2.33. The van der Waals surface area contributed by atoms with Gasteiger partial charge in [0.2, 0.25) is 0 Å². The molecule has 2 aromatic rings. The molecule has 1 aromatic carbocycles. The van der Waals surface area contributed by atoms with Crippen molar-refractivity contribution in [1.82, 2.24) is 9.97 Å². The Morgan fingerprint density at radius 2 is 1.55 bits per heavy atom. The average Bonchev–Trinajstić information content (AvgIpc) is 2.33. The van der Waals surface area contributed by atoms with Crippen LogP contribution in [0.1, 0.15) is 5.69 Å². The van der Waals surface area contributed by atoms with Gasteiger partial charge in [-0.1, -0.05) is 0 Å². The standard InChI is InChI=1S/C11H4F6N2S/c12-5-1-4(2-6(13)9(5)14)7-3-8(11(15,16)17)19-10(20)18-7/h1-3H,(H,18,19,20). The minimum Gasteiger partial charge on any atom is -0.327 e. The SMILES string of the molecule is Fc1cc(-c2cc(C(F)(F)F)[nH]c(=S)n2)cc(F)c1F. The highest BCUT2D eigenvalue weighted by Crippen LogP contribution is 2.30. The molecule has 0 saturated carbocycles. The van der Waals surface area contributed by atoms with E-state index in [1.807, 2.05) is 4.98 Å². The molecule has 0 aliphatic carbocycles. The van der Waals surface area contributed by atoms with Crippen molar-refractivity contribution >= 4 is 12.2 Å². The predicted molar refractivity (Wildman–Crippen MR) is 59.7 cm³/mol. The summed E-state index contributed by atoms with van der Waals surface area (Å²) in [5, 5.41) is 0. The lowest BCUT2D eigenvalue weighted by Gasteiger charge is -2.09. The van der Waals surface area contributed by atoms with Crippen molar-refractivity contribution in [2.45, 2.75) is 6.18 Å². The number of hydrogen-bond donors (Lipinski definition) is 1. The Morgan fingerprint density at radius 1 is 1.00 bits per heavy atom. The normalized spacial score (nSPS) is 11.7. The van der Waals surface area contributed by atoms with Gasteiger partial charge in [-0.05, 0) is 30.4 Å². The van der Waals surface area contributed by atoms with Crippen molar-refractivity contribution in [2.75, 3.05) is 0 Å². The van der Waals surface area contributed by atoms with Gasteiger partial charge in [-0.2, -0.15) is 13.2 Å². The first-order valence-electron chi connectivity index (χ1n) is 5.02. The van der Waals surface area contributed by atoms with Crippen molar-refractivity contribution in [3.05, 3.63) is 46.1 Å². The quantitative estimate of drug-likeness (QED) is 0.485. The molecule has 0 atom stereocenters. The lowest BCUT2D eigenvalue weighted by molar-refractivity contribution is -0.141. The monoisotopic (exact) mass is 310 g/mol. The number of nitrogens with zero attached hydrogens (tertiary/aromatic N) is 1. The highest BCUT2D eigenvalue weighted by molar-refractivity contribution is 7.71. The molecule has 1 N–H and O–H groups in total. The van der Waals surface area contributed by atoms with Crippen molar-refractivity contribution in [3.63, 3.8) is 0 Å². The molecule has 2 nitrogen and oxygen atoms in total. The molecule has 0 aliphatic rings. The van der Waals surface area contributed by atoms with Gasteiger partial charge < -0.3 is 4.98 Å². The van der Waals surface area contributed by atoms with Crippen LogP contribution in [0.4, 0.5) is 26.3 Å². The van der Waals surface area contributed by atoms with E-state index < -0.39 is 39.8 Å². The number of aromatic amines is 1. The molecular formula is C11H4F6N2S. The smallest absolute Gasteiger partial charge is 0.327 e. The number of aromatic nitrogens is 2. The first-order valence-corrected chi connectivity index (χ1v) is 5.43. The van der Waals surface area contributed by atoms with Gasteiger partial charge in [0.25, 0.3) is 0 Å². The van der Waals surface area contributed by atoms with E-state index in [2.05, 4.69) is 17.2 Å². The van der Waals surface area contributed by atoms with Gasteiger partial charge in [0.15, 0.2) is 22.2 Å². The van der Waals surface area contributed by atoms with Crippen LogP contribution in [0.5, 0.6) is 0 Å². The maximum absolute atomic E-state index is 13.1. The van der Waals surface area contributed by atoms with E-state index >= 15 is 0 Å². The second-order valence-corrected chi connectivity index (χ2v) is 4.12. The molecule has 2 rings (SSSR count). The van der Waals surface area contributed by atoms with Crippen LogP contribution in [0, 0.1) is 22.2 Å². The fourth-order valence-electron chi connectivity index (χ4n) is 1.46. The number of H-pyrrole nitrogens is 1. The van der Waals surface area contributed by atoms with E-state index in [0.29, 0.717) is 18.2 Å². The first kappa shape index (κ1) is 14.5. The third kappa shape index (κ3) is 2.82. The van der Waals surface area contributed by atoms with Crippen LogP contribution in [-0.2, 0) is 6.18 Å². The summed E-state index contributed by atoms with van der Waals surface area (Å²) in [6.45, 7) is 0. The summed E-state index contributed by atoms with van der Waals surface area (Å²) in [7, 11) is 0. The van der Waals surface area contributed by atoms with Crippen LogP contribution in [0.25, 0.3) is 11.3 Å². The first-order chi connectivity index (χ1) is 9.18. The molecule has 9 heteroatoms. The largest absolute Gasteiger partial charge is 0.431 e. The second kappa shape index (κ2) is 4.89. The molecule has 0 unspecified atom stereocenters. The summed E-state index contributed by atoms with van der Waals surface area (Å²) >= 11 is 4.52. The van der Waals surface area contributed by atoms with Crippen molar-refractivity contribution in [2.24, 2.45) is 0 Å². The van der Waals surface area contributed by atoms with Crippen molar-refractivity contribution < 1.29 is 26.3 Å². The van der Waals surface area contributed by atoms with E-state index in [1.165, 1.54) is 0 Å². The Kier molecular flexibility index (Phi) is 3.55. The minimum absolute atomic E-state index is 0.355. The van der Waals surface area contributed by atoms with Gasteiger partial charge in [-0.25, -0.2) is 18.2 Å². The molecular weight excluding hydrogens is 306 g/mol. The lowest BCUT2D eigenvalue weighted by Crippen LogP contribution is -2.09. The fourth-order valence-corrected chi connectivity index (χ4v) is 1.67. The van der Waals surface area contributed by atoms with Crippen LogP contribution in [-0.4, -0.2) is 9.97 Å². The van der Waals surface area contributed by atoms with Gasteiger partial charge >= 0.3 is 6.18 Å². The molecule has 0 spiro atoms. The summed E-state index contributed by atoms with van der Waals surface area (Å²) in [4.78, 5) is 5.35. The van der Waals surface area contributed by atoms with E-state index in [-0.39, 0.29) is 5.56 Å². The summed E-state index contributed by atoms with van der Waals surface area (Å²) in [6, 6.07) is 1.60. The van der Waals surface area contributed by atoms with Crippen molar-refractivity contribution in [1.29, 1.82) is 0 Å². The minimum atomic E-state index is -4.73. The molecule has 0 radical (unpaired) electrons. The zero-order chi connectivity index (χ0) is 15.1. The fraction of sp³-hybridized carbons (Fsp3) is 0.0909. The Bertz CT molecular complexity index is 699. The number of alkyl halides is 3. The van der Waals surface area contributed by atoms with Gasteiger partial charge in [0.1, 0.15) is 5.69 Å². The zero-order valence-corrected chi connectivity index (χ0v) is 10.2. The Hall–Kier alpha value is -1.90. The molecule has 20 heavy (non-hydrogen) atoms. The number of rotatable bonds is 1. The van der Waals surface area contributed by atoms with Crippen LogP contribution < -0.4 is 0 Å². The summed E-state index contributed by atoms with van der Waals surface area (Å²) in [5.41, 5.74) is -2.00. The lowest BCUT2D eigenvalue weighted by atomic mass is 10.1. The predicted octanol–water partition coefficient (Wildman–Crippen LogP) is 4.24. The summed E-state index contributed by atoms with van der Waals surface area (Å²) in [5.74, 6) is -4.78. The van der Waals surface area contributed by atoms with E-state index in [4.69, 9.17) is 0 Å². The highest BCUT2D eigenvalue weighted by Gasteiger charge is 2.32. The number of hydrogen-bond acceptors (Lipinski definition) is 2. The maximum atomic E-state index is 13.1. The van der Waals surface area contributed by atoms with Crippen LogP contribution in [0.15, 0.2) is 18.2 Å².